The Morgan fingerprint density at radius 2 is 1.85 bits per heavy atom. The van der Waals surface area contributed by atoms with Crippen LogP contribution in [0.25, 0.3) is 0 Å². The summed E-state index contributed by atoms with van der Waals surface area (Å²) in [5.74, 6) is 0. The van der Waals surface area contributed by atoms with Crippen LogP contribution in [0.1, 0.15) is 50.4 Å². The minimum Gasteiger partial charge on any atom is -0.306 e. The van der Waals surface area contributed by atoms with E-state index >= 15 is 0 Å². The fourth-order valence-corrected chi connectivity index (χ4v) is 2.06. The van der Waals surface area contributed by atoms with Crippen LogP contribution >= 0.6 is 0 Å². The Bertz CT molecular complexity index is 546. The van der Waals surface area contributed by atoms with Crippen LogP contribution in [0.3, 0.4) is 0 Å². The van der Waals surface area contributed by atoms with Crippen molar-refractivity contribution in [1.29, 1.82) is 0 Å². The van der Waals surface area contributed by atoms with Gasteiger partial charge in [-0.25, -0.2) is 0 Å². The van der Waals surface area contributed by atoms with Crippen LogP contribution in [-0.2, 0) is 12.1 Å². The van der Waals surface area contributed by atoms with Gasteiger partial charge in [0.1, 0.15) is 0 Å². The molecule has 1 aromatic carbocycles. The van der Waals surface area contributed by atoms with Gasteiger partial charge in [0.2, 0.25) is 0 Å². The number of aryl methyl sites for hydroxylation is 1. The van der Waals surface area contributed by atoms with E-state index in [1.807, 2.05) is 10.9 Å². The van der Waals surface area contributed by atoms with E-state index in [4.69, 9.17) is 0 Å². The van der Waals surface area contributed by atoms with Gasteiger partial charge in [-0.1, -0.05) is 29.8 Å². The Hall–Kier alpha value is -1.61. The first-order valence-corrected chi connectivity index (χ1v) is 7.20. The first-order chi connectivity index (χ1) is 9.36. The molecule has 0 aliphatic rings. The average Bonchev–Trinajstić information content (AvgIpc) is 2.85. The van der Waals surface area contributed by atoms with Gasteiger partial charge in [0.25, 0.3) is 0 Å². The summed E-state index contributed by atoms with van der Waals surface area (Å²) in [5.41, 5.74) is 3.88. The number of nitrogens with one attached hydrogen (secondary N) is 1. The summed E-state index contributed by atoms with van der Waals surface area (Å²) in [6, 6.07) is 9.03. The smallest absolute Gasteiger partial charge is 0.0543 e. The lowest BCUT2D eigenvalue weighted by Crippen LogP contribution is -2.22. The zero-order chi connectivity index (χ0) is 14.8. The summed E-state index contributed by atoms with van der Waals surface area (Å²) >= 11 is 0. The standard InChI is InChI=1S/C17H25N3/c1-13-6-8-16(9-7-13)14(2)18-10-15-11-19-20(12-15)17(3,4)5/h6-9,11-12,14,18H,10H2,1-5H3/t14-/m0/s1. The second kappa shape index (κ2) is 5.80. The van der Waals surface area contributed by atoms with Crippen molar-refractivity contribution in [3.63, 3.8) is 0 Å². The fraction of sp³-hybridized carbons (Fsp3) is 0.471. The lowest BCUT2D eigenvalue weighted by atomic mass is 10.1. The summed E-state index contributed by atoms with van der Waals surface area (Å²) in [4.78, 5) is 0. The molecule has 0 radical (unpaired) electrons. The van der Waals surface area contributed by atoms with Crippen molar-refractivity contribution >= 4 is 0 Å². The van der Waals surface area contributed by atoms with Crippen LogP contribution in [-0.4, -0.2) is 9.78 Å². The summed E-state index contributed by atoms with van der Waals surface area (Å²) in [5, 5.41) is 7.97. The highest BCUT2D eigenvalue weighted by molar-refractivity contribution is 5.23. The van der Waals surface area contributed by atoms with Crippen molar-refractivity contribution in [3.8, 4) is 0 Å². The number of aromatic nitrogens is 2. The Labute approximate surface area is 122 Å². The predicted octanol–water partition coefficient (Wildman–Crippen LogP) is 3.80. The van der Waals surface area contributed by atoms with Gasteiger partial charge in [0, 0.05) is 24.3 Å². The quantitative estimate of drug-likeness (QED) is 0.916. The molecule has 0 fully saturated rings. The van der Waals surface area contributed by atoms with Gasteiger partial charge in [-0.15, -0.1) is 0 Å². The van der Waals surface area contributed by atoms with Crippen LogP contribution < -0.4 is 5.32 Å². The molecule has 3 nitrogen and oxygen atoms in total. The Morgan fingerprint density at radius 3 is 2.40 bits per heavy atom. The molecule has 108 valence electrons. The third-order valence-corrected chi connectivity index (χ3v) is 3.51. The van der Waals surface area contributed by atoms with E-state index in [2.05, 4.69) is 75.5 Å². The van der Waals surface area contributed by atoms with E-state index in [9.17, 15) is 0 Å². The highest BCUT2D eigenvalue weighted by atomic mass is 15.3. The molecule has 0 spiro atoms. The zero-order valence-electron chi connectivity index (χ0n) is 13.1. The maximum Gasteiger partial charge on any atom is 0.0543 e. The Kier molecular flexibility index (Phi) is 4.29. The topological polar surface area (TPSA) is 29.9 Å². The van der Waals surface area contributed by atoms with Gasteiger partial charge in [-0.2, -0.15) is 5.10 Å². The molecule has 20 heavy (non-hydrogen) atoms. The van der Waals surface area contributed by atoms with E-state index < -0.39 is 0 Å². The van der Waals surface area contributed by atoms with Gasteiger partial charge in [-0.3, -0.25) is 4.68 Å². The van der Waals surface area contributed by atoms with Gasteiger partial charge >= 0.3 is 0 Å². The maximum absolute atomic E-state index is 4.43. The van der Waals surface area contributed by atoms with Crippen LogP contribution in [0, 0.1) is 6.92 Å². The van der Waals surface area contributed by atoms with Crippen molar-refractivity contribution in [2.75, 3.05) is 0 Å². The number of benzene rings is 1. The van der Waals surface area contributed by atoms with Crippen LogP contribution in [0.15, 0.2) is 36.7 Å². The number of rotatable bonds is 4. The summed E-state index contributed by atoms with van der Waals surface area (Å²) in [7, 11) is 0. The summed E-state index contributed by atoms with van der Waals surface area (Å²) in [6.07, 6.45) is 4.06. The molecule has 0 bridgehead atoms. The molecule has 1 N–H and O–H groups in total. The first kappa shape index (κ1) is 14.8. The van der Waals surface area contributed by atoms with Crippen molar-refractivity contribution in [2.24, 2.45) is 0 Å². The minimum atomic E-state index is 0.0425. The van der Waals surface area contributed by atoms with Crippen molar-refractivity contribution < 1.29 is 0 Å². The van der Waals surface area contributed by atoms with Crippen LogP contribution in [0.5, 0.6) is 0 Å². The maximum atomic E-state index is 4.43. The largest absolute Gasteiger partial charge is 0.306 e. The second-order valence-corrected chi connectivity index (χ2v) is 6.48. The highest BCUT2D eigenvalue weighted by Gasteiger charge is 2.14. The second-order valence-electron chi connectivity index (χ2n) is 6.48. The molecule has 2 aromatic rings. The lowest BCUT2D eigenvalue weighted by Gasteiger charge is -2.18. The van der Waals surface area contributed by atoms with Gasteiger partial charge in [-0.05, 0) is 40.2 Å². The SMILES string of the molecule is Cc1ccc([C@H](C)NCc2cnn(C(C)(C)C)c2)cc1. The first-order valence-electron chi connectivity index (χ1n) is 7.20. The van der Waals surface area contributed by atoms with Gasteiger partial charge in [0.05, 0.1) is 11.7 Å². The van der Waals surface area contributed by atoms with E-state index in [1.54, 1.807) is 0 Å². The third kappa shape index (κ3) is 3.70. The Balaban J connectivity index is 1.95. The van der Waals surface area contributed by atoms with E-state index in [1.165, 1.54) is 16.7 Å². The normalized spacial score (nSPS) is 13.4. The molecular formula is C17H25N3. The van der Waals surface area contributed by atoms with Crippen molar-refractivity contribution in [3.05, 3.63) is 53.3 Å². The van der Waals surface area contributed by atoms with E-state index in [-0.39, 0.29) is 5.54 Å². The fourth-order valence-electron chi connectivity index (χ4n) is 2.06. The van der Waals surface area contributed by atoms with E-state index in [0.717, 1.165) is 6.54 Å². The molecule has 2 rings (SSSR count). The highest BCUT2D eigenvalue weighted by Crippen LogP contribution is 2.16. The van der Waals surface area contributed by atoms with Crippen LogP contribution in [0.2, 0.25) is 0 Å². The molecule has 0 saturated carbocycles. The third-order valence-electron chi connectivity index (χ3n) is 3.51. The molecule has 0 amide bonds. The van der Waals surface area contributed by atoms with Gasteiger partial charge in [0.15, 0.2) is 0 Å². The van der Waals surface area contributed by atoms with Crippen molar-refractivity contribution in [1.82, 2.24) is 15.1 Å². The Morgan fingerprint density at radius 1 is 1.20 bits per heavy atom. The summed E-state index contributed by atoms with van der Waals surface area (Å²) in [6.45, 7) is 11.6. The monoisotopic (exact) mass is 271 g/mol. The molecule has 0 saturated heterocycles. The number of hydrogen-bond donors (Lipinski definition) is 1. The average molecular weight is 271 g/mol. The van der Waals surface area contributed by atoms with E-state index in [0.29, 0.717) is 6.04 Å². The lowest BCUT2D eigenvalue weighted by molar-refractivity contribution is 0.355. The molecule has 0 aliphatic carbocycles. The van der Waals surface area contributed by atoms with Crippen LogP contribution in [0.4, 0.5) is 0 Å². The predicted molar refractivity (Wildman–Crippen MR) is 83.7 cm³/mol. The number of nitrogens with zero attached hydrogens (tertiary/aromatic N) is 2. The molecule has 1 atom stereocenters. The molecule has 3 heteroatoms. The van der Waals surface area contributed by atoms with Gasteiger partial charge < -0.3 is 5.32 Å². The molecule has 0 aliphatic heterocycles. The molecule has 1 heterocycles. The van der Waals surface area contributed by atoms with Crippen molar-refractivity contribution in [2.45, 2.75) is 52.7 Å². The minimum absolute atomic E-state index is 0.0425. The zero-order valence-corrected chi connectivity index (χ0v) is 13.1. The summed E-state index contributed by atoms with van der Waals surface area (Å²) < 4.78 is 2.01. The number of hydrogen-bond acceptors (Lipinski definition) is 2. The molecule has 0 unspecified atom stereocenters. The molecular weight excluding hydrogens is 246 g/mol. The molecule has 1 aromatic heterocycles.